The first-order valence-corrected chi connectivity index (χ1v) is 5.45. The highest BCUT2D eigenvalue weighted by atomic mass is 15.1. The van der Waals surface area contributed by atoms with Crippen molar-refractivity contribution in [3.63, 3.8) is 0 Å². The van der Waals surface area contributed by atoms with E-state index in [1.165, 1.54) is 24.0 Å². The van der Waals surface area contributed by atoms with Crippen molar-refractivity contribution in [3.05, 3.63) is 35.4 Å². The Morgan fingerprint density at radius 2 is 1.36 bits per heavy atom. The molecule has 1 fully saturated rings. The fraction of sp³-hybridized carbons (Fsp3) is 0.500. The van der Waals surface area contributed by atoms with Gasteiger partial charge in [0, 0.05) is 25.2 Å². The smallest absolute Gasteiger partial charge is 0.0233 e. The number of hydrogen-bond donors (Lipinski definition) is 2. The topological polar surface area (TPSA) is 24.1 Å². The van der Waals surface area contributed by atoms with Gasteiger partial charge in [-0.1, -0.05) is 24.3 Å². The molecule has 3 aliphatic heterocycles. The third-order valence-corrected chi connectivity index (χ3v) is 3.36. The van der Waals surface area contributed by atoms with Crippen molar-refractivity contribution in [2.24, 2.45) is 0 Å². The predicted octanol–water partition coefficient (Wildman–Crippen LogP) is 0.715. The number of piperazine rings is 1. The first kappa shape index (κ1) is 8.45. The fourth-order valence-electron chi connectivity index (χ4n) is 2.54. The largest absolute Gasteiger partial charge is 0.311 e. The van der Waals surface area contributed by atoms with Gasteiger partial charge in [0.05, 0.1) is 0 Å². The van der Waals surface area contributed by atoms with E-state index in [0.29, 0.717) is 12.1 Å². The molecule has 2 unspecified atom stereocenters. The van der Waals surface area contributed by atoms with Crippen molar-refractivity contribution >= 4 is 0 Å². The van der Waals surface area contributed by atoms with Gasteiger partial charge in [-0.2, -0.15) is 0 Å². The Kier molecular flexibility index (Phi) is 2.03. The second-order valence-corrected chi connectivity index (χ2v) is 4.39. The summed E-state index contributed by atoms with van der Waals surface area (Å²) < 4.78 is 0. The van der Waals surface area contributed by atoms with Crippen molar-refractivity contribution in [1.29, 1.82) is 0 Å². The lowest BCUT2D eigenvalue weighted by molar-refractivity contribution is 0.331. The molecule has 0 spiro atoms. The van der Waals surface area contributed by atoms with Crippen LogP contribution in [0.2, 0.25) is 0 Å². The number of hydrogen-bond acceptors (Lipinski definition) is 2. The molecule has 2 bridgehead atoms. The molecule has 0 aliphatic carbocycles. The lowest BCUT2D eigenvalue weighted by Crippen LogP contribution is -2.57. The second-order valence-electron chi connectivity index (χ2n) is 4.39. The zero-order valence-corrected chi connectivity index (χ0v) is 8.29. The molecule has 0 saturated carbocycles. The molecule has 14 heavy (non-hydrogen) atoms. The second kappa shape index (κ2) is 3.37. The Bertz CT molecular complexity index is 294. The summed E-state index contributed by atoms with van der Waals surface area (Å²) in [5.41, 5.74) is 3.08. The van der Waals surface area contributed by atoms with E-state index < -0.39 is 0 Å². The standard InChI is InChI=1S/C12H16N2/c1-2-4-10-6-12-8-13-11(7-14-12)5-9(10)3-1/h1-4,11-14H,5-8H2. The molecule has 3 heterocycles. The summed E-state index contributed by atoms with van der Waals surface area (Å²) in [7, 11) is 0. The number of benzene rings is 1. The van der Waals surface area contributed by atoms with E-state index in [9.17, 15) is 0 Å². The average molecular weight is 188 g/mol. The minimum atomic E-state index is 0.632. The molecule has 2 N–H and O–H groups in total. The molecular formula is C12H16N2. The van der Waals surface area contributed by atoms with Crippen molar-refractivity contribution in [2.45, 2.75) is 24.9 Å². The number of fused-ring (bicyclic) bond motifs is 2. The molecule has 74 valence electrons. The molecule has 3 aliphatic rings. The van der Waals surface area contributed by atoms with Crippen LogP contribution in [0.25, 0.3) is 0 Å². The molecule has 1 aromatic rings. The summed E-state index contributed by atoms with van der Waals surface area (Å²) in [6.07, 6.45) is 2.35. The van der Waals surface area contributed by atoms with Gasteiger partial charge in [-0.3, -0.25) is 0 Å². The Balaban J connectivity index is 1.98. The third-order valence-electron chi connectivity index (χ3n) is 3.36. The van der Waals surface area contributed by atoms with Gasteiger partial charge >= 0.3 is 0 Å². The van der Waals surface area contributed by atoms with Crippen LogP contribution < -0.4 is 10.6 Å². The highest BCUT2D eigenvalue weighted by Gasteiger charge is 2.24. The molecular weight excluding hydrogens is 172 g/mol. The van der Waals surface area contributed by atoms with Crippen LogP contribution in [0.1, 0.15) is 11.1 Å². The van der Waals surface area contributed by atoms with Crippen LogP contribution in [0, 0.1) is 0 Å². The highest BCUT2D eigenvalue weighted by Crippen LogP contribution is 2.17. The average Bonchev–Trinajstić information content (AvgIpc) is 2.17. The highest BCUT2D eigenvalue weighted by molar-refractivity contribution is 5.30. The van der Waals surface area contributed by atoms with Crippen LogP contribution in [-0.2, 0) is 12.8 Å². The summed E-state index contributed by atoms with van der Waals surface area (Å²) in [5.74, 6) is 0. The Labute approximate surface area is 84.7 Å². The van der Waals surface area contributed by atoms with Crippen LogP contribution in [0.3, 0.4) is 0 Å². The molecule has 0 aromatic heterocycles. The zero-order valence-electron chi connectivity index (χ0n) is 8.29. The van der Waals surface area contributed by atoms with Gasteiger partial charge in [0.15, 0.2) is 0 Å². The van der Waals surface area contributed by atoms with Crippen LogP contribution in [0.5, 0.6) is 0 Å². The molecule has 2 nitrogen and oxygen atoms in total. The molecule has 1 aromatic carbocycles. The third kappa shape index (κ3) is 1.45. The maximum absolute atomic E-state index is 3.60. The van der Waals surface area contributed by atoms with E-state index in [1.807, 2.05) is 0 Å². The molecule has 4 rings (SSSR count). The van der Waals surface area contributed by atoms with Gasteiger partial charge < -0.3 is 10.6 Å². The SMILES string of the molecule is c1ccc2c(c1)CC1CNC(CN1)C2. The van der Waals surface area contributed by atoms with E-state index in [4.69, 9.17) is 0 Å². The molecule has 2 atom stereocenters. The summed E-state index contributed by atoms with van der Waals surface area (Å²) in [4.78, 5) is 0. The maximum atomic E-state index is 3.60. The van der Waals surface area contributed by atoms with Gasteiger partial charge in [0.2, 0.25) is 0 Å². The van der Waals surface area contributed by atoms with Gasteiger partial charge in [-0.15, -0.1) is 0 Å². The van der Waals surface area contributed by atoms with E-state index in [2.05, 4.69) is 34.9 Å². The summed E-state index contributed by atoms with van der Waals surface area (Å²) in [6, 6.07) is 10.1. The monoisotopic (exact) mass is 188 g/mol. The van der Waals surface area contributed by atoms with Gasteiger partial charge in [0.25, 0.3) is 0 Å². The minimum Gasteiger partial charge on any atom is -0.311 e. The van der Waals surface area contributed by atoms with Crippen molar-refractivity contribution in [1.82, 2.24) is 10.6 Å². The molecule has 1 saturated heterocycles. The molecule has 2 heteroatoms. The Hall–Kier alpha value is -0.860. The summed E-state index contributed by atoms with van der Waals surface area (Å²) in [5, 5.41) is 7.20. The quantitative estimate of drug-likeness (QED) is 0.627. The van der Waals surface area contributed by atoms with Crippen molar-refractivity contribution < 1.29 is 0 Å². The van der Waals surface area contributed by atoms with Crippen LogP contribution >= 0.6 is 0 Å². The van der Waals surface area contributed by atoms with E-state index in [0.717, 1.165) is 13.1 Å². The van der Waals surface area contributed by atoms with E-state index in [-0.39, 0.29) is 0 Å². The fourth-order valence-corrected chi connectivity index (χ4v) is 2.54. The first-order valence-electron chi connectivity index (χ1n) is 5.45. The van der Waals surface area contributed by atoms with Gasteiger partial charge in [-0.25, -0.2) is 0 Å². The van der Waals surface area contributed by atoms with Crippen LogP contribution in [0.4, 0.5) is 0 Å². The van der Waals surface area contributed by atoms with Crippen LogP contribution in [0.15, 0.2) is 24.3 Å². The normalized spacial score (nSPS) is 30.6. The molecule has 0 radical (unpaired) electrons. The summed E-state index contributed by atoms with van der Waals surface area (Å²) >= 11 is 0. The zero-order chi connectivity index (χ0) is 9.38. The van der Waals surface area contributed by atoms with E-state index >= 15 is 0 Å². The van der Waals surface area contributed by atoms with Gasteiger partial charge in [-0.05, 0) is 24.0 Å². The van der Waals surface area contributed by atoms with Crippen molar-refractivity contribution in [2.75, 3.05) is 13.1 Å². The Morgan fingerprint density at radius 3 is 1.79 bits per heavy atom. The van der Waals surface area contributed by atoms with Gasteiger partial charge in [0.1, 0.15) is 0 Å². The van der Waals surface area contributed by atoms with Crippen LogP contribution in [-0.4, -0.2) is 25.2 Å². The van der Waals surface area contributed by atoms with Crippen molar-refractivity contribution in [3.8, 4) is 0 Å². The molecule has 0 amide bonds. The predicted molar refractivity (Wildman–Crippen MR) is 57.4 cm³/mol. The number of nitrogens with one attached hydrogen (secondary N) is 2. The number of rotatable bonds is 0. The maximum Gasteiger partial charge on any atom is 0.0233 e. The summed E-state index contributed by atoms with van der Waals surface area (Å²) in [6.45, 7) is 2.25. The van der Waals surface area contributed by atoms with E-state index in [1.54, 1.807) is 0 Å². The minimum absolute atomic E-state index is 0.632. The lowest BCUT2D eigenvalue weighted by atomic mass is 9.90. The lowest BCUT2D eigenvalue weighted by Gasteiger charge is -2.35. The first-order chi connectivity index (χ1) is 6.92. The Morgan fingerprint density at radius 1 is 0.857 bits per heavy atom.